The third kappa shape index (κ3) is 4.59. The van der Waals surface area contributed by atoms with E-state index >= 15 is 0 Å². The molecular formula is C19H17ClN2O2S. The van der Waals surface area contributed by atoms with E-state index in [1.165, 1.54) is 11.3 Å². The molecule has 6 heteroatoms. The molecule has 25 heavy (non-hydrogen) atoms. The lowest BCUT2D eigenvalue weighted by Gasteiger charge is -2.06. The molecule has 0 unspecified atom stereocenters. The maximum Gasteiger partial charge on any atom is 0.263 e. The summed E-state index contributed by atoms with van der Waals surface area (Å²) in [7, 11) is 0. The minimum absolute atomic E-state index is 0.152. The summed E-state index contributed by atoms with van der Waals surface area (Å²) >= 11 is 7.46. The number of amides is 1. The van der Waals surface area contributed by atoms with Crippen LogP contribution >= 0.6 is 22.9 Å². The maximum atomic E-state index is 12.4. The van der Waals surface area contributed by atoms with Crippen molar-refractivity contribution < 1.29 is 9.53 Å². The highest BCUT2D eigenvalue weighted by Gasteiger charge is 2.15. The Balaban J connectivity index is 1.61. The lowest BCUT2D eigenvalue weighted by molar-refractivity contribution is 0.0954. The minimum Gasteiger partial charge on any atom is -0.486 e. The SMILES string of the molecule is Cc1nc(COc2ccccc2)sc1C(=O)NCc1ccccc1Cl. The molecule has 3 aromatic rings. The van der Waals surface area contributed by atoms with Crippen molar-refractivity contribution in [2.45, 2.75) is 20.1 Å². The average molecular weight is 373 g/mol. The van der Waals surface area contributed by atoms with Crippen LogP contribution in [-0.2, 0) is 13.2 Å². The Morgan fingerprint density at radius 3 is 2.64 bits per heavy atom. The lowest BCUT2D eigenvalue weighted by atomic mass is 10.2. The van der Waals surface area contributed by atoms with Gasteiger partial charge in [-0.05, 0) is 30.7 Å². The number of para-hydroxylation sites is 1. The fourth-order valence-electron chi connectivity index (χ4n) is 2.28. The molecule has 3 rings (SSSR count). The van der Waals surface area contributed by atoms with Gasteiger partial charge in [-0.3, -0.25) is 4.79 Å². The lowest BCUT2D eigenvalue weighted by Crippen LogP contribution is -2.22. The predicted molar refractivity (Wildman–Crippen MR) is 100 cm³/mol. The highest BCUT2D eigenvalue weighted by atomic mass is 35.5. The van der Waals surface area contributed by atoms with E-state index in [-0.39, 0.29) is 5.91 Å². The molecule has 1 aromatic heterocycles. The first-order valence-electron chi connectivity index (χ1n) is 7.79. The quantitative estimate of drug-likeness (QED) is 0.687. The summed E-state index contributed by atoms with van der Waals surface area (Å²) in [5.74, 6) is 0.626. The van der Waals surface area contributed by atoms with Gasteiger partial charge in [0.25, 0.3) is 5.91 Å². The number of ether oxygens (including phenoxy) is 1. The molecule has 0 bridgehead atoms. The van der Waals surface area contributed by atoms with Crippen LogP contribution in [0.1, 0.15) is 25.9 Å². The normalized spacial score (nSPS) is 10.5. The van der Waals surface area contributed by atoms with E-state index in [1.807, 2.05) is 55.5 Å². The van der Waals surface area contributed by atoms with Crippen molar-refractivity contribution in [3.63, 3.8) is 0 Å². The fraction of sp³-hybridized carbons (Fsp3) is 0.158. The zero-order chi connectivity index (χ0) is 17.6. The van der Waals surface area contributed by atoms with Crippen LogP contribution in [0.3, 0.4) is 0 Å². The second-order valence-corrected chi connectivity index (χ2v) is 6.89. The van der Waals surface area contributed by atoms with E-state index in [0.717, 1.165) is 16.3 Å². The number of hydrogen-bond donors (Lipinski definition) is 1. The summed E-state index contributed by atoms with van der Waals surface area (Å²) in [6, 6.07) is 17.0. The second kappa shape index (κ2) is 8.14. The number of rotatable bonds is 6. The number of thiazole rings is 1. The number of nitrogens with zero attached hydrogens (tertiary/aromatic N) is 1. The van der Waals surface area contributed by atoms with E-state index < -0.39 is 0 Å². The van der Waals surface area contributed by atoms with Crippen LogP contribution in [0.2, 0.25) is 5.02 Å². The van der Waals surface area contributed by atoms with Gasteiger partial charge in [-0.25, -0.2) is 4.98 Å². The average Bonchev–Trinajstić information content (AvgIpc) is 3.01. The largest absolute Gasteiger partial charge is 0.486 e. The van der Waals surface area contributed by atoms with Crippen LogP contribution in [0.15, 0.2) is 54.6 Å². The summed E-state index contributed by atoms with van der Waals surface area (Å²) in [6.07, 6.45) is 0. The summed E-state index contributed by atoms with van der Waals surface area (Å²) in [5.41, 5.74) is 1.58. The van der Waals surface area contributed by atoms with Gasteiger partial charge >= 0.3 is 0 Å². The van der Waals surface area contributed by atoms with Crippen molar-refractivity contribution in [1.29, 1.82) is 0 Å². The van der Waals surface area contributed by atoms with Crippen molar-refractivity contribution >= 4 is 28.8 Å². The van der Waals surface area contributed by atoms with Crippen LogP contribution in [0.5, 0.6) is 5.75 Å². The van der Waals surface area contributed by atoms with Crippen LogP contribution in [0, 0.1) is 6.92 Å². The smallest absolute Gasteiger partial charge is 0.263 e. The Morgan fingerprint density at radius 2 is 1.88 bits per heavy atom. The minimum atomic E-state index is -0.152. The Kier molecular flexibility index (Phi) is 5.68. The Morgan fingerprint density at radius 1 is 1.16 bits per heavy atom. The maximum absolute atomic E-state index is 12.4. The van der Waals surface area contributed by atoms with Crippen molar-refractivity contribution in [2.75, 3.05) is 0 Å². The van der Waals surface area contributed by atoms with Crippen molar-refractivity contribution in [3.05, 3.63) is 80.8 Å². The third-order valence-corrected chi connectivity index (χ3v) is 5.05. The topological polar surface area (TPSA) is 51.2 Å². The van der Waals surface area contributed by atoms with E-state index in [2.05, 4.69) is 10.3 Å². The van der Waals surface area contributed by atoms with Crippen LogP contribution in [0.25, 0.3) is 0 Å². The highest BCUT2D eigenvalue weighted by molar-refractivity contribution is 7.13. The van der Waals surface area contributed by atoms with E-state index in [0.29, 0.717) is 28.7 Å². The number of halogens is 1. The number of carbonyl (C=O) groups excluding carboxylic acids is 1. The summed E-state index contributed by atoms with van der Waals surface area (Å²) in [4.78, 5) is 17.4. The molecule has 0 radical (unpaired) electrons. The van der Waals surface area contributed by atoms with E-state index in [9.17, 15) is 4.79 Å². The monoisotopic (exact) mass is 372 g/mol. The number of nitrogens with one attached hydrogen (secondary N) is 1. The first-order valence-corrected chi connectivity index (χ1v) is 8.98. The molecule has 0 aliphatic carbocycles. The molecular weight excluding hydrogens is 356 g/mol. The van der Waals surface area contributed by atoms with E-state index in [4.69, 9.17) is 16.3 Å². The number of aromatic nitrogens is 1. The number of carbonyl (C=O) groups is 1. The van der Waals surface area contributed by atoms with Crippen LogP contribution in [0.4, 0.5) is 0 Å². The number of benzene rings is 2. The van der Waals surface area contributed by atoms with E-state index in [1.54, 1.807) is 6.07 Å². The molecule has 128 valence electrons. The molecule has 4 nitrogen and oxygen atoms in total. The molecule has 1 N–H and O–H groups in total. The third-order valence-electron chi connectivity index (χ3n) is 3.55. The Labute approximate surface area is 155 Å². The van der Waals surface area contributed by atoms with Crippen LogP contribution < -0.4 is 10.1 Å². The van der Waals surface area contributed by atoms with Gasteiger partial charge in [-0.2, -0.15) is 0 Å². The molecule has 0 aliphatic rings. The Bertz CT molecular complexity index is 865. The predicted octanol–water partition coefficient (Wildman–Crippen LogP) is 4.61. The van der Waals surface area contributed by atoms with Crippen molar-refractivity contribution in [2.24, 2.45) is 0 Å². The summed E-state index contributed by atoms with van der Waals surface area (Å²) in [6.45, 7) is 2.55. The number of hydrogen-bond acceptors (Lipinski definition) is 4. The fourth-order valence-corrected chi connectivity index (χ4v) is 3.38. The number of aryl methyl sites for hydroxylation is 1. The van der Waals surface area contributed by atoms with Gasteiger partial charge in [0, 0.05) is 11.6 Å². The Hall–Kier alpha value is -2.37. The standard InChI is InChI=1S/C19H17ClN2O2S/c1-13-18(19(23)21-11-14-7-5-6-10-16(14)20)25-17(22-13)12-24-15-8-3-2-4-9-15/h2-10H,11-12H2,1H3,(H,21,23). The molecule has 1 heterocycles. The first kappa shape index (κ1) is 17.5. The van der Waals surface area contributed by atoms with Gasteiger partial charge in [-0.1, -0.05) is 48.0 Å². The van der Waals surface area contributed by atoms with Gasteiger partial charge in [0.15, 0.2) is 0 Å². The molecule has 0 fully saturated rings. The van der Waals surface area contributed by atoms with Gasteiger partial charge in [0.2, 0.25) is 0 Å². The van der Waals surface area contributed by atoms with Crippen molar-refractivity contribution in [1.82, 2.24) is 10.3 Å². The highest BCUT2D eigenvalue weighted by Crippen LogP contribution is 2.21. The molecule has 0 saturated carbocycles. The molecule has 1 amide bonds. The molecule has 2 aromatic carbocycles. The summed E-state index contributed by atoms with van der Waals surface area (Å²) in [5, 5.41) is 4.30. The van der Waals surface area contributed by atoms with Gasteiger partial charge in [0.05, 0.1) is 5.69 Å². The van der Waals surface area contributed by atoms with Crippen LogP contribution in [-0.4, -0.2) is 10.9 Å². The first-order chi connectivity index (χ1) is 12.1. The second-order valence-electron chi connectivity index (χ2n) is 5.40. The molecule has 0 aliphatic heterocycles. The summed E-state index contributed by atoms with van der Waals surface area (Å²) < 4.78 is 5.68. The zero-order valence-electron chi connectivity index (χ0n) is 13.7. The molecule has 0 spiro atoms. The van der Waals surface area contributed by atoms with Gasteiger partial charge in [-0.15, -0.1) is 11.3 Å². The zero-order valence-corrected chi connectivity index (χ0v) is 15.2. The molecule has 0 atom stereocenters. The molecule has 0 saturated heterocycles. The van der Waals surface area contributed by atoms with Gasteiger partial charge < -0.3 is 10.1 Å². The van der Waals surface area contributed by atoms with Crippen molar-refractivity contribution in [3.8, 4) is 5.75 Å². The van der Waals surface area contributed by atoms with Gasteiger partial charge in [0.1, 0.15) is 22.2 Å².